The van der Waals surface area contributed by atoms with Gasteiger partial charge in [0.15, 0.2) is 0 Å². The Hall–Kier alpha value is -0.380. The maximum atomic E-state index is 11.3. The molecule has 8 unspecified atom stereocenters. The van der Waals surface area contributed by atoms with Crippen LogP contribution < -0.4 is 0 Å². The fourth-order valence-electron chi connectivity index (χ4n) is 9.01. The number of nitrogens with zero attached hydrogens (tertiary/aromatic N) is 1. The Labute approximate surface area is 184 Å². The molecule has 8 atom stereocenters. The second kappa shape index (κ2) is 8.19. The number of aliphatic hydroxyl groups excluding tert-OH is 2. The minimum atomic E-state index is -0.117. The number of likely N-dealkylation sites (tertiary alicyclic amines) is 1. The zero-order valence-corrected chi connectivity index (χ0v) is 19.5. The topological polar surface area (TPSA) is 43.7 Å². The number of piperidine rings is 1. The third-order valence-corrected chi connectivity index (χ3v) is 10.8. The fraction of sp³-hybridized carbons (Fsp3) is 0.926. The monoisotopic (exact) mass is 415 g/mol. The van der Waals surface area contributed by atoms with Crippen LogP contribution in [0.1, 0.15) is 90.9 Å². The summed E-state index contributed by atoms with van der Waals surface area (Å²) in [5.41, 5.74) is 2.23. The molecule has 0 radical (unpaired) electrons. The summed E-state index contributed by atoms with van der Waals surface area (Å²) in [5.74, 6) is 2.88. The molecule has 3 nitrogen and oxygen atoms in total. The van der Waals surface area contributed by atoms with Gasteiger partial charge in [0.1, 0.15) is 0 Å². The van der Waals surface area contributed by atoms with Crippen LogP contribution >= 0.6 is 0 Å². The van der Waals surface area contributed by atoms with Crippen molar-refractivity contribution >= 4 is 0 Å². The van der Waals surface area contributed by atoms with Crippen LogP contribution in [-0.2, 0) is 0 Å². The van der Waals surface area contributed by atoms with Gasteiger partial charge in [-0.2, -0.15) is 0 Å². The summed E-state index contributed by atoms with van der Waals surface area (Å²) in [7, 11) is 0. The molecule has 4 aliphatic carbocycles. The van der Waals surface area contributed by atoms with Crippen molar-refractivity contribution < 1.29 is 10.2 Å². The molecule has 0 amide bonds. The van der Waals surface area contributed by atoms with Gasteiger partial charge in [-0.15, -0.1) is 0 Å². The highest BCUT2D eigenvalue weighted by molar-refractivity contribution is 5.25. The second-order valence-electron chi connectivity index (χ2n) is 12.1. The van der Waals surface area contributed by atoms with E-state index in [1.54, 1.807) is 5.57 Å². The molecule has 3 saturated carbocycles. The molecule has 3 heteroatoms. The Bertz CT molecular complexity index is 655. The van der Waals surface area contributed by atoms with E-state index in [1.165, 1.54) is 70.9 Å². The highest BCUT2D eigenvalue weighted by Gasteiger charge is 2.59. The Morgan fingerprint density at radius 2 is 1.83 bits per heavy atom. The molecule has 0 aromatic carbocycles. The highest BCUT2D eigenvalue weighted by Crippen LogP contribution is 2.66. The first-order chi connectivity index (χ1) is 14.4. The summed E-state index contributed by atoms with van der Waals surface area (Å²) in [4.78, 5) is 2.59. The predicted octanol–water partition coefficient (Wildman–Crippen LogP) is 5.16. The number of aliphatic hydroxyl groups is 2. The van der Waals surface area contributed by atoms with E-state index in [1.807, 2.05) is 0 Å². The summed E-state index contributed by atoms with van der Waals surface area (Å²) in [5, 5.41) is 21.5. The lowest BCUT2D eigenvalue weighted by Crippen LogP contribution is -2.51. The molecular weight excluding hydrogens is 370 g/mol. The van der Waals surface area contributed by atoms with Crippen molar-refractivity contribution in [3.63, 3.8) is 0 Å². The van der Waals surface area contributed by atoms with E-state index in [4.69, 9.17) is 0 Å². The maximum absolute atomic E-state index is 11.3. The smallest absolute Gasteiger partial charge is 0.0585 e. The van der Waals surface area contributed by atoms with Gasteiger partial charge in [-0.3, -0.25) is 0 Å². The normalized spacial score (nSPS) is 47.7. The van der Waals surface area contributed by atoms with Crippen molar-refractivity contribution in [3.8, 4) is 0 Å². The maximum Gasteiger partial charge on any atom is 0.0585 e. The molecule has 170 valence electrons. The van der Waals surface area contributed by atoms with Crippen LogP contribution in [0.3, 0.4) is 0 Å². The molecule has 0 aromatic heterocycles. The van der Waals surface area contributed by atoms with Gasteiger partial charge in [-0.1, -0.05) is 31.9 Å². The van der Waals surface area contributed by atoms with Crippen LogP contribution in [-0.4, -0.2) is 47.0 Å². The van der Waals surface area contributed by atoms with Gasteiger partial charge in [0.2, 0.25) is 0 Å². The van der Waals surface area contributed by atoms with E-state index in [0.29, 0.717) is 16.7 Å². The first kappa shape index (κ1) is 21.5. The van der Waals surface area contributed by atoms with Gasteiger partial charge in [-0.05, 0) is 118 Å². The van der Waals surface area contributed by atoms with Crippen LogP contribution in [0.4, 0.5) is 0 Å². The average molecular weight is 416 g/mol. The molecule has 0 bridgehead atoms. The van der Waals surface area contributed by atoms with E-state index >= 15 is 0 Å². The standard InChI is InChI=1S/C27H45NO2/c1-26-13-10-20(29)18-19(26)6-7-21-22-8-9-24(27(22,2)14-11-23(21)26)25(30)12-17-28-15-4-3-5-16-28/h6,20-25,29-30H,3-5,7-18H2,1-2H3. The summed E-state index contributed by atoms with van der Waals surface area (Å²) >= 11 is 0. The van der Waals surface area contributed by atoms with E-state index in [2.05, 4.69) is 24.8 Å². The SMILES string of the molecule is CC12CCC(O)CC1=CCC1C2CCC2(C)C(C(O)CCN3CCCCC3)CCC12. The number of allylic oxidation sites excluding steroid dienone is 1. The lowest BCUT2D eigenvalue weighted by molar-refractivity contribution is -0.0724. The summed E-state index contributed by atoms with van der Waals surface area (Å²) < 4.78 is 0. The number of rotatable bonds is 4. The van der Waals surface area contributed by atoms with E-state index in [-0.39, 0.29) is 12.2 Å². The van der Waals surface area contributed by atoms with E-state index < -0.39 is 0 Å². The van der Waals surface area contributed by atoms with Gasteiger partial charge in [0.25, 0.3) is 0 Å². The Morgan fingerprint density at radius 3 is 2.63 bits per heavy atom. The summed E-state index contributed by atoms with van der Waals surface area (Å²) in [6, 6.07) is 0. The molecule has 0 spiro atoms. The summed E-state index contributed by atoms with van der Waals surface area (Å²) in [6.45, 7) is 8.63. The molecular formula is C27H45NO2. The first-order valence-electron chi connectivity index (χ1n) is 13.2. The van der Waals surface area contributed by atoms with E-state index in [0.717, 1.165) is 43.6 Å². The van der Waals surface area contributed by atoms with Crippen LogP contribution in [0.5, 0.6) is 0 Å². The number of fused-ring (bicyclic) bond motifs is 5. The van der Waals surface area contributed by atoms with Crippen molar-refractivity contribution in [1.82, 2.24) is 4.90 Å². The summed E-state index contributed by atoms with van der Waals surface area (Å²) in [6.07, 6.45) is 16.8. The quantitative estimate of drug-likeness (QED) is 0.623. The Balaban J connectivity index is 1.28. The van der Waals surface area contributed by atoms with Crippen molar-refractivity contribution in [2.24, 2.45) is 34.5 Å². The molecule has 5 rings (SSSR count). The molecule has 1 heterocycles. The van der Waals surface area contributed by atoms with E-state index in [9.17, 15) is 10.2 Å². The first-order valence-corrected chi connectivity index (χ1v) is 13.2. The lowest BCUT2D eigenvalue weighted by Gasteiger charge is -2.58. The minimum Gasteiger partial charge on any atom is -0.393 e. The van der Waals surface area contributed by atoms with Gasteiger partial charge in [0.05, 0.1) is 12.2 Å². The lowest BCUT2D eigenvalue weighted by atomic mass is 9.47. The van der Waals surface area contributed by atoms with Crippen molar-refractivity contribution in [1.29, 1.82) is 0 Å². The third-order valence-electron chi connectivity index (χ3n) is 10.8. The Morgan fingerprint density at radius 1 is 1.03 bits per heavy atom. The molecule has 2 N–H and O–H groups in total. The molecule has 5 aliphatic rings. The minimum absolute atomic E-state index is 0.111. The molecule has 0 aromatic rings. The highest BCUT2D eigenvalue weighted by atomic mass is 16.3. The number of hydrogen-bond acceptors (Lipinski definition) is 3. The Kier molecular flexibility index (Phi) is 5.86. The van der Waals surface area contributed by atoms with Crippen LogP contribution in [0.2, 0.25) is 0 Å². The zero-order valence-electron chi connectivity index (χ0n) is 19.5. The van der Waals surface area contributed by atoms with Gasteiger partial charge in [-0.25, -0.2) is 0 Å². The van der Waals surface area contributed by atoms with Gasteiger partial charge in [0, 0.05) is 6.54 Å². The van der Waals surface area contributed by atoms with Gasteiger partial charge < -0.3 is 15.1 Å². The van der Waals surface area contributed by atoms with Crippen LogP contribution in [0, 0.1) is 34.5 Å². The largest absolute Gasteiger partial charge is 0.393 e. The third kappa shape index (κ3) is 3.52. The molecule has 4 fully saturated rings. The second-order valence-corrected chi connectivity index (χ2v) is 12.1. The number of hydrogen-bond donors (Lipinski definition) is 2. The molecule has 1 saturated heterocycles. The van der Waals surface area contributed by atoms with Crippen LogP contribution in [0.25, 0.3) is 0 Å². The van der Waals surface area contributed by atoms with Crippen molar-refractivity contribution in [2.45, 2.75) is 103 Å². The van der Waals surface area contributed by atoms with Gasteiger partial charge >= 0.3 is 0 Å². The molecule has 1 aliphatic heterocycles. The fourth-order valence-corrected chi connectivity index (χ4v) is 9.01. The van der Waals surface area contributed by atoms with Crippen molar-refractivity contribution in [3.05, 3.63) is 11.6 Å². The van der Waals surface area contributed by atoms with Crippen molar-refractivity contribution in [2.75, 3.05) is 19.6 Å². The average Bonchev–Trinajstić information content (AvgIpc) is 3.10. The zero-order chi connectivity index (χ0) is 20.9. The molecule has 30 heavy (non-hydrogen) atoms. The predicted molar refractivity (Wildman–Crippen MR) is 122 cm³/mol. The van der Waals surface area contributed by atoms with Crippen LogP contribution in [0.15, 0.2) is 11.6 Å².